The molecular formula is C18H16F3N3O2S. The van der Waals surface area contributed by atoms with E-state index < -0.39 is 32.4 Å². The van der Waals surface area contributed by atoms with Crippen molar-refractivity contribution in [2.75, 3.05) is 13.1 Å². The first-order chi connectivity index (χ1) is 12.9. The minimum absolute atomic E-state index is 0.0404. The molecule has 0 saturated carbocycles. The molecule has 3 aromatic rings. The number of imidazole rings is 1. The molecule has 5 nitrogen and oxygen atoms in total. The van der Waals surface area contributed by atoms with Crippen LogP contribution in [-0.4, -0.2) is 35.8 Å². The number of piperidine rings is 1. The Hall–Kier alpha value is -2.39. The molecule has 4 rings (SSSR count). The highest BCUT2D eigenvalue weighted by Gasteiger charge is 2.34. The maximum atomic E-state index is 13.9. The van der Waals surface area contributed by atoms with Crippen LogP contribution in [0.25, 0.3) is 11.0 Å². The Morgan fingerprint density at radius 1 is 1.00 bits per heavy atom. The Bertz CT molecular complexity index is 1070. The first-order valence-electron chi connectivity index (χ1n) is 8.46. The molecule has 0 spiro atoms. The van der Waals surface area contributed by atoms with Crippen LogP contribution in [0.2, 0.25) is 0 Å². The van der Waals surface area contributed by atoms with E-state index in [1.807, 2.05) is 24.3 Å². The molecule has 1 aromatic heterocycles. The van der Waals surface area contributed by atoms with Crippen LogP contribution in [0.5, 0.6) is 0 Å². The number of aromatic amines is 1. The maximum absolute atomic E-state index is 13.9. The number of aromatic nitrogens is 2. The number of sulfonamides is 1. The van der Waals surface area contributed by atoms with E-state index in [1.165, 1.54) is 0 Å². The van der Waals surface area contributed by atoms with Gasteiger partial charge < -0.3 is 4.98 Å². The summed E-state index contributed by atoms with van der Waals surface area (Å²) in [6.07, 6.45) is 0.981. The number of benzene rings is 2. The van der Waals surface area contributed by atoms with Crippen LogP contribution >= 0.6 is 0 Å². The number of halogens is 3. The summed E-state index contributed by atoms with van der Waals surface area (Å²) in [4.78, 5) is 6.94. The zero-order valence-corrected chi connectivity index (χ0v) is 14.9. The van der Waals surface area contributed by atoms with Crippen LogP contribution in [0.4, 0.5) is 13.2 Å². The van der Waals surface area contributed by atoms with Gasteiger partial charge in [-0.05, 0) is 37.1 Å². The summed E-state index contributed by atoms with van der Waals surface area (Å²) in [5, 5.41) is 0. The molecule has 2 heterocycles. The van der Waals surface area contributed by atoms with Crippen molar-refractivity contribution < 1.29 is 21.6 Å². The van der Waals surface area contributed by atoms with Crippen LogP contribution in [-0.2, 0) is 10.0 Å². The van der Waals surface area contributed by atoms with E-state index in [-0.39, 0.29) is 19.0 Å². The topological polar surface area (TPSA) is 66.1 Å². The van der Waals surface area contributed by atoms with E-state index in [0.29, 0.717) is 18.9 Å². The number of fused-ring (bicyclic) bond motifs is 1. The number of para-hydroxylation sites is 2. The average Bonchev–Trinajstić information content (AvgIpc) is 3.10. The average molecular weight is 395 g/mol. The van der Waals surface area contributed by atoms with Gasteiger partial charge in [0.1, 0.15) is 10.7 Å². The van der Waals surface area contributed by atoms with Crippen molar-refractivity contribution in [2.24, 2.45) is 0 Å². The molecule has 0 bridgehead atoms. The lowest BCUT2D eigenvalue weighted by atomic mass is 9.97. The van der Waals surface area contributed by atoms with Gasteiger partial charge >= 0.3 is 0 Å². The van der Waals surface area contributed by atoms with Crippen LogP contribution in [0.3, 0.4) is 0 Å². The second-order valence-electron chi connectivity index (χ2n) is 6.49. The molecule has 2 aromatic carbocycles. The lowest BCUT2D eigenvalue weighted by molar-refractivity contribution is 0.312. The van der Waals surface area contributed by atoms with Gasteiger partial charge in [-0.25, -0.2) is 26.6 Å². The van der Waals surface area contributed by atoms with Crippen molar-refractivity contribution in [1.29, 1.82) is 0 Å². The molecule has 0 unspecified atom stereocenters. The summed E-state index contributed by atoms with van der Waals surface area (Å²) in [6.45, 7) is 0.283. The Morgan fingerprint density at radius 3 is 2.41 bits per heavy atom. The molecule has 1 aliphatic rings. The highest BCUT2D eigenvalue weighted by Crippen LogP contribution is 2.31. The molecule has 9 heteroatoms. The summed E-state index contributed by atoms with van der Waals surface area (Å²) in [7, 11) is -4.24. The SMILES string of the molecule is O=S(=O)(c1ccc(F)c(F)c1F)N1CCC(c2nc3ccccc3[nH]2)CC1. The standard InChI is InChI=1S/C18H16F3N3O2S/c19-12-5-6-15(17(21)16(12)20)27(25,26)24-9-7-11(8-10-24)18-22-13-3-1-2-4-14(13)23-18/h1-6,11H,7-10H2,(H,22,23). The van der Waals surface area contributed by atoms with Gasteiger partial charge in [0.05, 0.1) is 11.0 Å². The van der Waals surface area contributed by atoms with E-state index in [0.717, 1.165) is 27.2 Å². The summed E-state index contributed by atoms with van der Waals surface area (Å²) in [6, 6.07) is 8.97. The van der Waals surface area contributed by atoms with Crippen LogP contribution in [0.15, 0.2) is 41.3 Å². The highest BCUT2D eigenvalue weighted by molar-refractivity contribution is 7.89. The van der Waals surface area contributed by atoms with E-state index in [4.69, 9.17) is 0 Å². The summed E-state index contributed by atoms with van der Waals surface area (Å²) in [5.74, 6) is -4.07. The minimum Gasteiger partial charge on any atom is -0.342 e. The number of hydrogen-bond acceptors (Lipinski definition) is 3. The maximum Gasteiger partial charge on any atom is 0.246 e. The van der Waals surface area contributed by atoms with Gasteiger partial charge in [0.2, 0.25) is 10.0 Å². The first-order valence-corrected chi connectivity index (χ1v) is 9.90. The molecule has 1 saturated heterocycles. The number of H-pyrrole nitrogens is 1. The quantitative estimate of drug-likeness (QED) is 0.690. The van der Waals surface area contributed by atoms with Crippen molar-refractivity contribution in [3.8, 4) is 0 Å². The van der Waals surface area contributed by atoms with Crippen LogP contribution in [0, 0.1) is 17.5 Å². The van der Waals surface area contributed by atoms with Crippen molar-refractivity contribution in [2.45, 2.75) is 23.7 Å². The second-order valence-corrected chi connectivity index (χ2v) is 8.40. The molecule has 0 aliphatic carbocycles. The number of hydrogen-bond donors (Lipinski definition) is 1. The van der Waals surface area contributed by atoms with Gasteiger partial charge in [-0.3, -0.25) is 0 Å². The molecule has 0 atom stereocenters. The molecular weight excluding hydrogens is 379 g/mol. The molecule has 1 fully saturated rings. The Labute approximate surface area is 153 Å². The van der Waals surface area contributed by atoms with E-state index in [1.54, 1.807) is 0 Å². The van der Waals surface area contributed by atoms with Gasteiger partial charge in [-0.1, -0.05) is 12.1 Å². The normalized spacial score (nSPS) is 16.9. The summed E-state index contributed by atoms with van der Waals surface area (Å²) >= 11 is 0. The lowest BCUT2D eigenvalue weighted by Gasteiger charge is -2.30. The zero-order chi connectivity index (χ0) is 19.2. The van der Waals surface area contributed by atoms with Crippen molar-refractivity contribution in [1.82, 2.24) is 14.3 Å². The Morgan fingerprint density at radius 2 is 1.70 bits per heavy atom. The van der Waals surface area contributed by atoms with Gasteiger partial charge in [0, 0.05) is 19.0 Å². The molecule has 1 aliphatic heterocycles. The molecule has 142 valence electrons. The third kappa shape index (κ3) is 3.10. The van der Waals surface area contributed by atoms with E-state index in [9.17, 15) is 21.6 Å². The molecule has 0 amide bonds. The monoisotopic (exact) mass is 395 g/mol. The fraction of sp³-hybridized carbons (Fsp3) is 0.278. The molecule has 1 N–H and O–H groups in total. The lowest BCUT2D eigenvalue weighted by Crippen LogP contribution is -2.38. The Balaban J connectivity index is 1.54. The fourth-order valence-electron chi connectivity index (χ4n) is 3.38. The molecule has 27 heavy (non-hydrogen) atoms. The van der Waals surface area contributed by atoms with Crippen molar-refractivity contribution in [3.05, 3.63) is 59.7 Å². The largest absolute Gasteiger partial charge is 0.342 e. The fourth-order valence-corrected chi connectivity index (χ4v) is 4.91. The predicted octanol–water partition coefficient (Wildman–Crippen LogP) is 3.55. The minimum atomic E-state index is -4.24. The van der Waals surface area contributed by atoms with Crippen molar-refractivity contribution >= 4 is 21.1 Å². The van der Waals surface area contributed by atoms with E-state index in [2.05, 4.69) is 9.97 Å². The third-order valence-electron chi connectivity index (χ3n) is 4.87. The smallest absolute Gasteiger partial charge is 0.246 e. The first kappa shape index (κ1) is 18.0. The number of nitrogens with zero attached hydrogens (tertiary/aromatic N) is 2. The van der Waals surface area contributed by atoms with Crippen LogP contribution < -0.4 is 0 Å². The second kappa shape index (κ2) is 6.65. The van der Waals surface area contributed by atoms with Gasteiger partial charge in [-0.2, -0.15) is 4.31 Å². The van der Waals surface area contributed by atoms with Crippen molar-refractivity contribution in [3.63, 3.8) is 0 Å². The third-order valence-corrected chi connectivity index (χ3v) is 6.78. The molecule has 0 radical (unpaired) electrons. The van der Waals surface area contributed by atoms with E-state index >= 15 is 0 Å². The summed E-state index contributed by atoms with van der Waals surface area (Å²) < 4.78 is 66.8. The zero-order valence-electron chi connectivity index (χ0n) is 14.1. The van der Waals surface area contributed by atoms with Gasteiger partial charge in [0.25, 0.3) is 0 Å². The van der Waals surface area contributed by atoms with Crippen LogP contribution in [0.1, 0.15) is 24.6 Å². The number of nitrogens with one attached hydrogen (secondary N) is 1. The number of rotatable bonds is 3. The summed E-state index contributed by atoms with van der Waals surface area (Å²) in [5.41, 5.74) is 1.75. The predicted molar refractivity (Wildman–Crippen MR) is 93.1 cm³/mol. The Kier molecular flexibility index (Phi) is 4.43. The van der Waals surface area contributed by atoms with Gasteiger partial charge in [0.15, 0.2) is 17.5 Å². The van der Waals surface area contributed by atoms with Gasteiger partial charge in [-0.15, -0.1) is 0 Å². The highest BCUT2D eigenvalue weighted by atomic mass is 32.2.